The van der Waals surface area contributed by atoms with Crippen molar-refractivity contribution in [2.24, 2.45) is 5.92 Å². The van der Waals surface area contributed by atoms with Crippen LogP contribution in [0.1, 0.15) is 39.0 Å². The van der Waals surface area contributed by atoms with Crippen LogP contribution in [-0.4, -0.2) is 38.0 Å². The Morgan fingerprint density at radius 3 is 2.83 bits per heavy atom. The summed E-state index contributed by atoms with van der Waals surface area (Å²) in [6, 6.07) is 0.566. The minimum absolute atomic E-state index is 0.107. The van der Waals surface area contributed by atoms with E-state index in [1.807, 2.05) is 6.08 Å². The number of nitrogens with one attached hydrogen (secondary N) is 1. The molecule has 104 valence electrons. The number of hydrogen-bond acceptors (Lipinski definition) is 3. The Labute approximate surface area is 111 Å². The molecule has 3 nitrogen and oxygen atoms in total. The lowest BCUT2D eigenvalue weighted by molar-refractivity contribution is -0.150. The molecule has 2 fully saturated rings. The predicted octanol–water partition coefficient (Wildman–Crippen LogP) is 2.52. The monoisotopic (exact) mass is 253 g/mol. The zero-order valence-electron chi connectivity index (χ0n) is 11.6. The van der Waals surface area contributed by atoms with Crippen molar-refractivity contribution in [3.63, 3.8) is 0 Å². The number of ether oxygens (including phenoxy) is 2. The normalized spacial score (nSPS) is 29.1. The summed E-state index contributed by atoms with van der Waals surface area (Å²) in [5.41, 5.74) is 0.107. The summed E-state index contributed by atoms with van der Waals surface area (Å²) in [4.78, 5) is 0. The average molecular weight is 253 g/mol. The highest BCUT2D eigenvalue weighted by molar-refractivity contribution is 4.94. The van der Waals surface area contributed by atoms with Gasteiger partial charge in [0.2, 0.25) is 0 Å². The van der Waals surface area contributed by atoms with Crippen molar-refractivity contribution in [1.82, 2.24) is 5.32 Å². The van der Waals surface area contributed by atoms with Crippen LogP contribution in [-0.2, 0) is 9.47 Å². The van der Waals surface area contributed by atoms with E-state index in [0.717, 1.165) is 51.5 Å². The molecule has 2 aliphatic rings. The quantitative estimate of drug-likeness (QED) is 0.764. The van der Waals surface area contributed by atoms with Crippen molar-refractivity contribution in [3.05, 3.63) is 12.7 Å². The van der Waals surface area contributed by atoms with E-state index in [2.05, 4.69) is 18.8 Å². The summed E-state index contributed by atoms with van der Waals surface area (Å²) >= 11 is 0. The van der Waals surface area contributed by atoms with Crippen molar-refractivity contribution < 1.29 is 9.47 Å². The largest absolute Gasteiger partial charge is 0.381 e. The van der Waals surface area contributed by atoms with Gasteiger partial charge in [-0.15, -0.1) is 6.58 Å². The van der Waals surface area contributed by atoms with Crippen molar-refractivity contribution in [2.75, 3.05) is 26.4 Å². The van der Waals surface area contributed by atoms with Gasteiger partial charge in [-0.25, -0.2) is 0 Å². The summed E-state index contributed by atoms with van der Waals surface area (Å²) in [6.07, 6.45) is 7.59. The Bertz CT molecular complexity index is 256. The first kappa shape index (κ1) is 14.0. The van der Waals surface area contributed by atoms with Gasteiger partial charge in [0.1, 0.15) is 0 Å². The molecule has 0 saturated carbocycles. The van der Waals surface area contributed by atoms with Gasteiger partial charge in [-0.1, -0.05) is 13.0 Å². The molecule has 2 unspecified atom stereocenters. The van der Waals surface area contributed by atoms with Gasteiger partial charge in [-0.3, -0.25) is 0 Å². The molecule has 0 aromatic carbocycles. The number of rotatable bonds is 5. The van der Waals surface area contributed by atoms with Crippen LogP contribution < -0.4 is 5.32 Å². The number of hydrogen-bond donors (Lipinski definition) is 1. The fourth-order valence-electron chi connectivity index (χ4n) is 3.39. The molecule has 0 aromatic rings. The molecular formula is C15H27NO2. The fraction of sp³-hybridized carbons (Fsp3) is 0.867. The lowest BCUT2D eigenvalue weighted by atomic mass is 9.77. The summed E-state index contributed by atoms with van der Waals surface area (Å²) in [5.74, 6) is 0.717. The molecule has 2 rings (SSSR count). The zero-order valence-corrected chi connectivity index (χ0v) is 11.6. The lowest BCUT2D eigenvalue weighted by Gasteiger charge is -2.45. The molecule has 3 heteroatoms. The topological polar surface area (TPSA) is 30.5 Å². The fourth-order valence-corrected chi connectivity index (χ4v) is 3.39. The molecule has 0 aliphatic carbocycles. The van der Waals surface area contributed by atoms with Crippen molar-refractivity contribution in [2.45, 2.75) is 50.7 Å². The van der Waals surface area contributed by atoms with E-state index in [-0.39, 0.29) is 5.60 Å². The van der Waals surface area contributed by atoms with Gasteiger partial charge in [-0.05, 0) is 44.6 Å². The van der Waals surface area contributed by atoms with E-state index in [1.54, 1.807) is 0 Å². The molecule has 18 heavy (non-hydrogen) atoms. The van der Waals surface area contributed by atoms with Gasteiger partial charge >= 0.3 is 0 Å². The zero-order chi connectivity index (χ0) is 12.8. The molecule has 2 aliphatic heterocycles. The third kappa shape index (κ3) is 3.34. The first-order chi connectivity index (χ1) is 8.79. The Morgan fingerprint density at radius 1 is 1.39 bits per heavy atom. The molecule has 0 amide bonds. The highest BCUT2D eigenvalue weighted by Crippen LogP contribution is 2.38. The van der Waals surface area contributed by atoms with Crippen LogP contribution in [0, 0.1) is 5.92 Å². The molecule has 2 saturated heterocycles. The van der Waals surface area contributed by atoms with Crippen LogP contribution in [0.15, 0.2) is 12.7 Å². The second kappa shape index (κ2) is 6.69. The molecule has 2 atom stereocenters. The van der Waals surface area contributed by atoms with Crippen molar-refractivity contribution >= 4 is 0 Å². The van der Waals surface area contributed by atoms with E-state index in [0.29, 0.717) is 6.04 Å². The van der Waals surface area contributed by atoms with Crippen LogP contribution in [0.25, 0.3) is 0 Å². The third-order valence-electron chi connectivity index (χ3n) is 4.39. The minimum atomic E-state index is 0.107. The van der Waals surface area contributed by atoms with E-state index in [1.165, 1.54) is 12.8 Å². The van der Waals surface area contributed by atoms with Gasteiger partial charge in [0.05, 0.1) is 5.60 Å². The van der Waals surface area contributed by atoms with Gasteiger partial charge in [0.25, 0.3) is 0 Å². The molecule has 0 bridgehead atoms. The van der Waals surface area contributed by atoms with Gasteiger partial charge in [-0.2, -0.15) is 0 Å². The van der Waals surface area contributed by atoms with Crippen LogP contribution in [0.5, 0.6) is 0 Å². The highest BCUT2D eigenvalue weighted by atomic mass is 16.5. The summed E-state index contributed by atoms with van der Waals surface area (Å²) in [5, 5.41) is 3.62. The SMILES string of the molecule is C=CCC(NCC)C1CCOC2(CCOCC2)C1. The van der Waals surface area contributed by atoms with E-state index in [4.69, 9.17) is 9.47 Å². The maximum absolute atomic E-state index is 6.11. The molecule has 1 N–H and O–H groups in total. The second-order valence-corrected chi connectivity index (χ2v) is 5.59. The molecule has 1 spiro atoms. The second-order valence-electron chi connectivity index (χ2n) is 5.59. The maximum atomic E-state index is 6.11. The Balaban J connectivity index is 1.97. The molecule has 2 heterocycles. The van der Waals surface area contributed by atoms with Crippen molar-refractivity contribution in [1.29, 1.82) is 0 Å². The van der Waals surface area contributed by atoms with Gasteiger partial charge < -0.3 is 14.8 Å². The van der Waals surface area contributed by atoms with Crippen molar-refractivity contribution in [3.8, 4) is 0 Å². The summed E-state index contributed by atoms with van der Waals surface area (Å²) in [7, 11) is 0. The Morgan fingerprint density at radius 2 is 2.17 bits per heavy atom. The lowest BCUT2D eigenvalue weighted by Crippen LogP contribution is -2.49. The molecule has 0 radical (unpaired) electrons. The molecular weight excluding hydrogens is 226 g/mol. The summed E-state index contributed by atoms with van der Waals surface area (Å²) in [6.45, 7) is 9.73. The predicted molar refractivity (Wildman–Crippen MR) is 73.7 cm³/mol. The van der Waals surface area contributed by atoms with E-state index >= 15 is 0 Å². The minimum Gasteiger partial charge on any atom is -0.381 e. The van der Waals surface area contributed by atoms with Crippen LogP contribution in [0.3, 0.4) is 0 Å². The molecule has 0 aromatic heterocycles. The Kier molecular flexibility index (Phi) is 5.22. The van der Waals surface area contributed by atoms with Gasteiger partial charge in [0.15, 0.2) is 0 Å². The first-order valence-corrected chi connectivity index (χ1v) is 7.35. The highest BCUT2D eigenvalue weighted by Gasteiger charge is 2.40. The summed E-state index contributed by atoms with van der Waals surface area (Å²) < 4.78 is 11.6. The van der Waals surface area contributed by atoms with Crippen LogP contribution in [0.2, 0.25) is 0 Å². The smallest absolute Gasteiger partial charge is 0.0729 e. The third-order valence-corrected chi connectivity index (χ3v) is 4.39. The standard InChI is InChI=1S/C15H27NO2/c1-3-5-14(16-4-2)13-6-9-18-15(12-13)7-10-17-11-8-15/h3,13-14,16H,1,4-12H2,2H3. The van der Waals surface area contributed by atoms with E-state index < -0.39 is 0 Å². The van der Waals surface area contributed by atoms with E-state index in [9.17, 15) is 0 Å². The Hall–Kier alpha value is -0.380. The maximum Gasteiger partial charge on any atom is 0.0729 e. The first-order valence-electron chi connectivity index (χ1n) is 7.35. The van der Waals surface area contributed by atoms with Gasteiger partial charge in [0, 0.05) is 25.9 Å². The average Bonchev–Trinajstić information content (AvgIpc) is 2.39. The van der Waals surface area contributed by atoms with Crippen LogP contribution >= 0.6 is 0 Å². The van der Waals surface area contributed by atoms with Crippen LogP contribution in [0.4, 0.5) is 0 Å².